The number of amides is 1. The van der Waals surface area contributed by atoms with Gasteiger partial charge in [0.25, 0.3) is 0 Å². The maximum absolute atomic E-state index is 13.1. The number of aromatic nitrogens is 3. The number of aryl methyl sites for hydroxylation is 2. The molecule has 0 spiro atoms. The molecule has 0 fully saturated rings. The predicted octanol–water partition coefficient (Wildman–Crippen LogP) is 5.23. The van der Waals surface area contributed by atoms with Gasteiger partial charge in [-0.05, 0) is 55.2 Å². The van der Waals surface area contributed by atoms with Crippen LogP contribution in [0.1, 0.15) is 16.7 Å². The van der Waals surface area contributed by atoms with Gasteiger partial charge in [0.05, 0.1) is 11.4 Å². The average molecular weight is 441 g/mol. The number of fused-ring (bicyclic) bond motifs is 1. The first-order valence-electron chi connectivity index (χ1n) is 10.7. The van der Waals surface area contributed by atoms with Crippen LogP contribution in [0.15, 0.2) is 78.0 Å². The Balaban J connectivity index is 1.46. The van der Waals surface area contributed by atoms with Gasteiger partial charge in [-0.2, -0.15) is 0 Å². The van der Waals surface area contributed by atoms with Gasteiger partial charge in [0.15, 0.2) is 11.0 Å². The summed E-state index contributed by atoms with van der Waals surface area (Å²) in [4.78, 5) is 14.9. The molecule has 1 aliphatic rings. The number of hydrogen-bond donors (Lipinski definition) is 0. The molecule has 1 aromatic heterocycles. The van der Waals surface area contributed by atoms with Gasteiger partial charge in [-0.25, -0.2) is 0 Å². The molecule has 160 valence electrons. The Labute approximate surface area is 192 Å². The molecule has 32 heavy (non-hydrogen) atoms. The molecule has 1 amide bonds. The lowest BCUT2D eigenvalue weighted by molar-refractivity contribution is -0.116. The van der Waals surface area contributed by atoms with Crippen LogP contribution in [-0.4, -0.2) is 33.0 Å². The van der Waals surface area contributed by atoms with E-state index in [1.54, 1.807) is 0 Å². The second-order valence-corrected chi connectivity index (χ2v) is 8.93. The molecular formula is C26H24N4OS. The molecule has 6 heteroatoms. The van der Waals surface area contributed by atoms with Crippen LogP contribution in [-0.2, 0) is 11.2 Å². The molecular weight excluding hydrogens is 416 g/mol. The van der Waals surface area contributed by atoms with Crippen molar-refractivity contribution >= 4 is 23.4 Å². The van der Waals surface area contributed by atoms with Crippen molar-refractivity contribution in [2.45, 2.75) is 25.4 Å². The van der Waals surface area contributed by atoms with Crippen LogP contribution in [0.25, 0.3) is 17.1 Å². The van der Waals surface area contributed by atoms with E-state index in [1.807, 2.05) is 53.4 Å². The van der Waals surface area contributed by atoms with Gasteiger partial charge < -0.3 is 4.90 Å². The fourth-order valence-corrected chi connectivity index (χ4v) is 4.86. The summed E-state index contributed by atoms with van der Waals surface area (Å²) in [5, 5.41) is 9.68. The first kappa shape index (κ1) is 20.5. The van der Waals surface area contributed by atoms with Crippen molar-refractivity contribution in [1.82, 2.24) is 14.8 Å². The van der Waals surface area contributed by atoms with E-state index in [4.69, 9.17) is 0 Å². The number of anilines is 1. The molecule has 3 aromatic carbocycles. The number of para-hydroxylation sites is 1. The predicted molar refractivity (Wildman–Crippen MR) is 129 cm³/mol. The highest BCUT2D eigenvalue weighted by Crippen LogP contribution is 2.31. The summed E-state index contributed by atoms with van der Waals surface area (Å²) in [6, 6.07) is 24.5. The molecule has 0 aliphatic carbocycles. The number of carbonyl (C=O) groups is 1. The maximum atomic E-state index is 13.1. The molecule has 1 aliphatic heterocycles. The lowest BCUT2D eigenvalue weighted by atomic mass is 10.1. The summed E-state index contributed by atoms with van der Waals surface area (Å²) in [6.45, 7) is 4.94. The Morgan fingerprint density at radius 3 is 2.53 bits per heavy atom. The lowest BCUT2D eigenvalue weighted by Crippen LogP contribution is -2.30. The van der Waals surface area contributed by atoms with Crippen LogP contribution >= 0.6 is 11.8 Å². The Kier molecular flexibility index (Phi) is 5.53. The summed E-state index contributed by atoms with van der Waals surface area (Å²) in [5.74, 6) is 1.18. The van der Waals surface area contributed by atoms with Crippen molar-refractivity contribution in [2.24, 2.45) is 0 Å². The number of benzene rings is 3. The van der Waals surface area contributed by atoms with Crippen LogP contribution in [0.4, 0.5) is 5.69 Å². The number of thioether (sulfide) groups is 1. The highest BCUT2D eigenvalue weighted by molar-refractivity contribution is 7.99. The van der Waals surface area contributed by atoms with E-state index >= 15 is 0 Å². The SMILES string of the molecule is Cc1ccc(-n2c(SCC(=O)N3CCc4ccccc43)nnc2-c2ccccc2)cc1C. The zero-order valence-corrected chi connectivity index (χ0v) is 19.0. The Bertz CT molecular complexity index is 1280. The van der Waals surface area contributed by atoms with Gasteiger partial charge in [-0.15, -0.1) is 10.2 Å². The zero-order chi connectivity index (χ0) is 22.1. The molecule has 0 N–H and O–H groups in total. The van der Waals surface area contributed by atoms with E-state index in [0.717, 1.165) is 35.7 Å². The smallest absolute Gasteiger partial charge is 0.237 e. The third-order valence-electron chi connectivity index (χ3n) is 5.93. The van der Waals surface area contributed by atoms with Crippen LogP contribution in [0, 0.1) is 13.8 Å². The number of carbonyl (C=O) groups excluding carboxylic acids is 1. The first-order valence-corrected chi connectivity index (χ1v) is 11.7. The van der Waals surface area contributed by atoms with Crippen molar-refractivity contribution in [3.63, 3.8) is 0 Å². The Morgan fingerprint density at radius 1 is 0.938 bits per heavy atom. The largest absolute Gasteiger partial charge is 0.311 e. The standard InChI is InChI=1S/C26H24N4OS/c1-18-12-13-22(16-19(18)2)30-25(21-9-4-3-5-10-21)27-28-26(30)32-17-24(31)29-15-14-20-8-6-7-11-23(20)29/h3-13,16H,14-15,17H2,1-2H3. The molecule has 4 aromatic rings. The van der Waals surface area contributed by atoms with Crippen molar-refractivity contribution in [1.29, 1.82) is 0 Å². The number of nitrogens with zero attached hydrogens (tertiary/aromatic N) is 4. The van der Waals surface area contributed by atoms with Gasteiger partial charge in [0, 0.05) is 17.8 Å². The molecule has 0 bridgehead atoms. The van der Waals surface area contributed by atoms with Crippen molar-refractivity contribution in [3.05, 3.63) is 89.5 Å². The minimum atomic E-state index is 0.0934. The van der Waals surface area contributed by atoms with Crippen LogP contribution < -0.4 is 4.90 Å². The van der Waals surface area contributed by atoms with Crippen molar-refractivity contribution in [3.8, 4) is 17.1 Å². The Morgan fingerprint density at radius 2 is 1.72 bits per heavy atom. The van der Waals surface area contributed by atoms with Crippen LogP contribution in [0.2, 0.25) is 0 Å². The van der Waals surface area contributed by atoms with Crippen molar-refractivity contribution in [2.75, 3.05) is 17.2 Å². The third kappa shape index (κ3) is 3.82. The quantitative estimate of drug-likeness (QED) is 0.399. The molecule has 0 unspecified atom stereocenters. The minimum absolute atomic E-state index is 0.0934. The molecule has 2 heterocycles. The molecule has 0 radical (unpaired) electrons. The second kappa shape index (κ2) is 8.63. The monoisotopic (exact) mass is 440 g/mol. The van der Waals surface area contributed by atoms with Gasteiger partial charge in [-0.3, -0.25) is 9.36 Å². The molecule has 0 atom stereocenters. The van der Waals surface area contributed by atoms with Gasteiger partial charge >= 0.3 is 0 Å². The van der Waals surface area contributed by atoms with Gasteiger partial charge in [0.1, 0.15) is 0 Å². The summed E-state index contributed by atoms with van der Waals surface area (Å²) < 4.78 is 2.05. The van der Waals surface area contributed by atoms with E-state index in [0.29, 0.717) is 10.9 Å². The summed E-state index contributed by atoms with van der Waals surface area (Å²) >= 11 is 1.44. The van der Waals surface area contributed by atoms with Crippen LogP contribution in [0.3, 0.4) is 0 Å². The normalized spacial score (nSPS) is 12.8. The van der Waals surface area contributed by atoms with Crippen molar-refractivity contribution < 1.29 is 4.79 Å². The van der Waals surface area contributed by atoms with E-state index in [2.05, 4.69) is 52.9 Å². The lowest BCUT2D eigenvalue weighted by Gasteiger charge is -2.17. The zero-order valence-electron chi connectivity index (χ0n) is 18.2. The summed E-state index contributed by atoms with van der Waals surface area (Å²) in [7, 11) is 0. The van der Waals surface area contributed by atoms with Crippen LogP contribution in [0.5, 0.6) is 0 Å². The van der Waals surface area contributed by atoms with Gasteiger partial charge in [0.2, 0.25) is 5.91 Å². The Hall–Kier alpha value is -3.38. The average Bonchev–Trinajstić information content (AvgIpc) is 3.44. The molecule has 0 saturated heterocycles. The summed E-state index contributed by atoms with van der Waals surface area (Å²) in [5.41, 5.74) is 6.69. The molecule has 5 rings (SSSR count). The van der Waals surface area contributed by atoms with Gasteiger partial charge in [-0.1, -0.05) is 66.4 Å². The van der Waals surface area contributed by atoms with E-state index < -0.39 is 0 Å². The highest BCUT2D eigenvalue weighted by Gasteiger charge is 2.25. The number of rotatable bonds is 5. The molecule has 0 saturated carbocycles. The highest BCUT2D eigenvalue weighted by atomic mass is 32.2. The summed E-state index contributed by atoms with van der Waals surface area (Å²) in [6.07, 6.45) is 0.906. The van der Waals surface area contributed by atoms with E-state index in [-0.39, 0.29) is 5.91 Å². The number of hydrogen-bond acceptors (Lipinski definition) is 4. The molecule has 5 nitrogen and oxygen atoms in total. The first-order chi connectivity index (χ1) is 15.6. The fourth-order valence-electron chi connectivity index (χ4n) is 4.04. The maximum Gasteiger partial charge on any atom is 0.237 e. The van der Waals surface area contributed by atoms with E-state index in [1.165, 1.54) is 28.5 Å². The second-order valence-electron chi connectivity index (χ2n) is 7.99. The fraction of sp³-hybridized carbons (Fsp3) is 0.192. The third-order valence-corrected chi connectivity index (χ3v) is 6.84. The minimum Gasteiger partial charge on any atom is -0.311 e. The van der Waals surface area contributed by atoms with E-state index in [9.17, 15) is 4.79 Å². The topological polar surface area (TPSA) is 51.0 Å².